The second-order valence-electron chi connectivity index (χ2n) is 7.43. The number of carbonyl (C=O) groups excluding carboxylic acids is 1. The van der Waals surface area contributed by atoms with Gasteiger partial charge in [0.15, 0.2) is 0 Å². The van der Waals surface area contributed by atoms with E-state index < -0.39 is 0 Å². The molecule has 2 saturated heterocycles. The normalized spacial score (nSPS) is 18.0. The van der Waals surface area contributed by atoms with Crippen molar-refractivity contribution >= 4 is 34.7 Å². The molecule has 28 heavy (non-hydrogen) atoms. The maximum absolute atomic E-state index is 11.9. The van der Waals surface area contributed by atoms with Crippen LogP contribution >= 0.6 is 11.6 Å². The summed E-state index contributed by atoms with van der Waals surface area (Å²) in [6, 6.07) is 9.97. The molecule has 7 heteroatoms. The van der Waals surface area contributed by atoms with Gasteiger partial charge in [-0.15, -0.1) is 0 Å². The van der Waals surface area contributed by atoms with Crippen LogP contribution in [0.1, 0.15) is 18.4 Å². The number of aromatic nitrogens is 1. The molecule has 0 radical (unpaired) electrons. The fraction of sp³-hybridized carbons (Fsp3) is 0.429. The lowest BCUT2D eigenvalue weighted by Crippen LogP contribution is -2.44. The molecule has 3 heterocycles. The second-order valence-corrected chi connectivity index (χ2v) is 7.84. The summed E-state index contributed by atoms with van der Waals surface area (Å²) in [7, 11) is 2.16. The van der Waals surface area contributed by atoms with Gasteiger partial charge in [-0.25, -0.2) is 4.98 Å². The summed E-state index contributed by atoms with van der Waals surface area (Å²) < 4.78 is 0. The molecule has 6 nitrogen and oxygen atoms in total. The van der Waals surface area contributed by atoms with Crippen LogP contribution in [0.4, 0.5) is 17.2 Å². The summed E-state index contributed by atoms with van der Waals surface area (Å²) in [5.41, 5.74) is 3.14. The van der Waals surface area contributed by atoms with E-state index in [-0.39, 0.29) is 5.91 Å². The predicted octanol–water partition coefficient (Wildman–Crippen LogP) is 3.23. The van der Waals surface area contributed by atoms with Crippen molar-refractivity contribution in [1.29, 1.82) is 0 Å². The molecule has 0 unspecified atom stereocenters. The number of hydrogen-bond acceptors (Lipinski definition) is 5. The molecule has 0 bridgehead atoms. The Hall–Kier alpha value is -2.31. The van der Waals surface area contributed by atoms with E-state index in [0.717, 1.165) is 61.2 Å². The average Bonchev–Trinajstić information content (AvgIpc) is 3.14. The zero-order chi connectivity index (χ0) is 19.5. The molecule has 1 aromatic carbocycles. The Morgan fingerprint density at radius 1 is 1.11 bits per heavy atom. The molecule has 2 aliphatic heterocycles. The fourth-order valence-corrected chi connectivity index (χ4v) is 4.05. The molecule has 4 rings (SSSR count). The summed E-state index contributed by atoms with van der Waals surface area (Å²) in [5.74, 6) is 0.954. The number of hydrogen-bond donors (Lipinski definition) is 1. The standard InChI is InChI=1S/C21H26ClN5O/c1-25-10-12-26(13-11-25)19-5-2-4-18(22)17(19)15-24-20-8-7-16(14-23-20)27-9-3-6-21(27)28/h2,4-5,7-8,14H,3,6,9-13,15H2,1H3,(H,23,24). The van der Waals surface area contributed by atoms with Crippen LogP contribution in [0.15, 0.2) is 36.5 Å². The van der Waals surface area contributed by atoms with Gasteiger partial charge in [0.25, 0.3) is 0 Å². The lowest BCUT2D eigenvalue weighted by molar-refractivity contribution is -0.117. The molecule has 1 aromatic heterocycles. The first-order chi connectivity index (χ1) is 13.6. The van der Waals surface area contributed by atoms with Crippen LogP contribution in [0, 0.1) is 0 Å². The minimum absolute atomic E-state index is 0.176. The molecule has 0 aliphatic carbocycles. The summed E-state index contributed by atoms with van der Waals surface area (Å²) in [6.45, 7) is 5.49. The number of carbonyl (C=O) groups is 1. The van der Waals surface area contributed by atoms with E-state index in [1.807, 2.05) is 24.3 Å². The average molecular weight is 400 g/mol. The molecule has 2 fully saturated rings. The molecule has 2 aromatic rings. The van der Waals surface area contributed by atoms with Gasteiger partial charge >= 0.3 is 0 Å². The summed E-state index contributed by atoms with van der Waals surface area (Å²) in [4.78, 5) is 22.9. The molecule has 1 N–H and O–H groups in total. The molecule has 0 atom stereocenters. The van der Waals surface area contributed by atoms with Gasteiger partial charge in [0.05, 0.1) is 11.9 Å². The third kappa shape index (κ3) is 4.08. The zero-order valence-electron chi connectivity index (χ0n) is 16.2. The lowest BCUT2D eigenvalue weighted by Gasteiger charge is -2.35. The maximum Gasteiger partial charge on any atom is 0.227 e. The van der Waals surface area contributed by atoms with Crippen LogP contribution in [-0.4, -0.2) is 55.6 Å². The van der Waals surface area contributed by atoms with Crippen LogP contribution in [0.2, 0.25) is 5.02 Å². The number of piperazine rings is 1. The SMILES string of the molecule is CN1CCN(c2cccc(Cl)c2CNc2ccc(N3CCCC3=O)cn2)CC1. The number of anilines is 3. The largest absolute Gasteiger partial charge is 0.369 e. The van der Waals surface area contributed by atoms with E-state index >= 15 is 0 Å². The van der Waals surface area contributed by atoms with E-state index in [4.69, 9.17) is 11.6 Å². The predicted molar refractivity (Wildman–Crippen MR) is 114 cm³/mol. The van der Waals surface area contributed by atoms with Crippen molar-refractivity contribution in [2.24, 2.45) is 0 Å². The number of pyridine rings is 1. The number of nitrogens with zero attached hydrogens (tertiary/aromatic N) is 4. The monoisotopic (exact) mass is 399 g/mol. The molecule has 0 saturated carbocycles. The fourth-order valence-electron chi connectivity index (χ4n) is 3.82. The van der Waals surface area contributed by atoms with Gasteiger partial charge < -0.3 is 20.0 Å². The topological polar surface area (TPSA) is 51.7 Å². The molecule has 0 spiro atoms. The molecular formula is C21H26ClN5O. The number of likely N-dealkylation sites (N-methyl/N-ethyl adjacent to an activating group) is 1. The quantitative estimate of drug-likeness (QED) is 0.836. The van der Waals surface area contributed by atoms with Gasteiger partial charge in [-0.2, -0.15) is 0 Å². The number of nitrogens with one attached hydrogen (secondary N) is 1. The van der Waals surface area contributed by atoms with Gasteiger partial charge in [-0.3, -0.25) is 4.79 Å². The molecule has 148 valence electrons. The van der Waals surface area contributed by atoms with Crippen LogP contribution in [0.3, 0.4) is 0 Å². The first-order valence-corrected chi connectivity index (χ1v) is 10.2. The van der Waals surface area contributed by atoms with Crippen molar-refractivity contribution in [2.45, 2.75) is 19.4 Å². The highest BCUT2D eigenvalue weighted by molar-refractivity contribution is 6.31. The Labute approximate surface area is 171 Å². The van der Waals surface area contributed by atoms with Crippen LogP contribution in [0.25, 0.3) is 0 Å². The van der Waals surface area contributed by atoms with Gasteiger partial charge in [0.1, 0.15) is 5.82 Å². The summed E-state index contributed by atoms with van der Waals surface area (Å²) >= 11 is 6.53. The Morgan fingerprint density at radius 2 is 1.93 bits per heavy atom. The maximum atomic E-state index is 11.9. The number of amides is 1. The molecule has 2 aliphatic rings. The summed E-state index contributed by atoms with van der Waals surface area (Å²) in [5, 5.41) is 4.15. The zero-order valence-corrected chi connectivity index (χ0v) is 17.0. The minimum atomic E-state index is 0.176. The molecule has 1 amide bonds. The highest BCUT2D eigenvalue weighted by Crippen LogP contribution is 2.29. The summed E-state index contributed by atoms with van der Waals surface area (Å²) in [6.07, 6.45) is 3.31. The number of rotatable bonds is 5. The van der Waals surface area contributed by atoms with Crippen molar-refractivity contribution in [2.75, 3.05) is 54.9 Å². The van der Waals surface area contributed by atoms with E-state index in [1.54, 1.807) is 11.1 Å². The van der Waals surface area contributed by atoms with Crippen LogP contribution < -0.4 is 15.1 Å². The minimum Gasteiger partial charge on any atom is -0.369 e. The Morgan fingerprint density at radius 3 is 2.61 bits per heavy atom. The van der Waals surface area contributed by atoms with Gasteiger partial charge in [-0.05, 0) is 37.7 Å². The smallest absolute Gasteiger partial charge is 0.227 e. The van der Waals surface area contributed by atoms with E-state index in [0.29, 0.717) is 13.0 Å². The van der Waals surface area contributed by atoms with E-state index in [1.165, 1.54) is 5.69 Å². The van der Waals surface area contributed by atoms with E-state index in [2.05, 4.69) is 33.2 Å². The van der Waals surface area contributed by atoms with E-state index in [9.17, 15) is 4.79 Å². The third-order valence-corrected chi connectivity index (χ3v) is 5.87. The van der Waals surface area contributed by atoms with Crippen molar-refractivity contribution in [3.05, 3.63) is 47.1 Å². The van der Waals surface area contributed by atoms with Crippen LogP contribution in [-0.2, 0) is 11.3 Å². The van der Waals surface area contributed by atoms with Gasteiger partial charge in [0, 0.05) is 62.0 Å². The Bertz CT molecular complexity index is 833. The highest BCUT2D eigenvalue weighted by Gasteiger charge is 2.22. The van der Waals surface area contributed by atoms with Crippen LogP contribution in [0.5, 0.6) is 0 Å². The van der Waals surface area contributed by atoms with Crippen molar-refractivity contribution in [1.82, 2.24) is 9.88 Å². The Kier molecular flexibility index (Phi) is 5.69. The highest BCUT2D eigenvalue weighted by atomic mass is 35.5. The first-order valence-electron chi connectivity index (χ1n) is 9.83. The van der Waals surface area contributed by atoms with Gasteiger partial charge in [-0.1, -0.05) is 17.7 Å². The number of halogens is 1. The first kappa shape index (κ1) is 19.0. The van der Waals surface area contributed by atoms with Crippen molar-refractivity contribution in [3.8, 4) is 0 Å². The Balaban J connectivity index is 1.45. The number of benzene rings is 1. The third-order valence-electron chi connectivity index (χ3n) is 5.52. The molecular weight excluding hydrogens is 374 g/mol. The lowest BCUT2D eigenvalue weighted by atomic mass is 10.1. The van der Waals surface area contributed by atoms with Crippen molar-refractivity contribution in [3.63, 3.8) is 0 Å². The van der Waals surface area contributed by atoms with Crippen molar-refractivity contribution < 1.29 is 4.79 Å². The second kappa shape index (κ2) is 8.37. The van der Waals surface area contributed by atoms with Gasteiger partial charge in [0.2, 0.25) is 5.91 Å².